The molecule has 0 aliphatic carbocycles. The lowest BCUT2D eigenvalue weighted by atomic mass is 10.1. The van der Waals surface area contributed by atoms with Crippen molar-refractivity contribution in [1.29, 1.82) is 0 Å². The number of aryl methyl sites for hydroxylation is 2. The molecule has 0 amide bonds. The summed E-state index contributed by atoms with van der Waals surface area (Å²) in [5.74, 6) is 2.20. The summed E-state index contributed by atoms with van der Waals surface area (Å²) in [5.41, 5.74) is 2.81. The number of ether oxygens (including phenoxy) is 3. The second kappa shape index (κ2) is 8.39. The van der Waals surface area contributed by atoms with E-state index in [1.54, 1.807) is 19.2 Å². The summed E-state index contributed by atoms with van der Waals surface area (Å²) < 4.78 is 17.2. The third kappa shape index (κ3) is 4.28. The Kier molecular flexibility index (Phi) is 6.24. The quantitative estimate of drug-likeness (QED) is 0.500. The maximum absolute atomic E-state index is 11.2. The van der Waals surface area contributed by atoms with Gasteiger partial charge in [-0.05, 0) is 55.7 Å². The van der Waals surface area contributed by atoms with Crippen molar-refractivity contribution in [2.45, 2.75) is 33.6 Å². The average molecular weight is 328 g/mol. The van der Waals surface area contributed by atoms with Crippen LogP contribution in [0.4, 0.5) is 0 Å². The van der Waals surface area contributed by atoms with Gasteiger partial charge in [-0.25, -0.2) is 0 Å². The molecule has 0 unspecified atom stereocenters. The van der Waals surface area contributed by atoms with Gasteiger partial charge >= 0.3 is 0 Å². The zero-order chi connectivity index (χ0) is 17.5. The van der Waals surface area contributed by atoms with Crippen molar-refractivity contribution in [3.05, 3.63) is 47.0 Å². The molecule has 0 fully saturated rings. The Morgan fingerprint density at radius 2 is 1.79 bits per heavy atom. The number of methoxy groups -OCH3 is 1. The Labute approximate surface area is 143 Å². The highest BCUT2D eigenvalue weighted by molar-refractivity contribution is 5.78. The van der Waals surface area contributed by atoms with E-state index >= 15 is 0 Å². The van der Waals surface area contributed by atoms with Crippen molar-refractivity contribution in [1.82, 2.24) is 0 Å². The molecule has 4 heteroatoms. The van der Waals surface area contributed by atoms with Crippen molar-refractivity contribution >= 4 is 6.29 Å². The van der Waals surface area contributed by atoms with Gasteiger partial charge in [0.15, 0.2) is 11.5 Å². The average Bonchev–Trinajstić information content (AvgIpc) is 2.59. The van der Waals surface area contributed by atoms with Crippen LogP contribution in [-0.4, -0.2) is 20.0 Å². The molecule has 128 valence electrons. The van der Waals surface area contributed by atoms with Crippen LogP contribution in [-0.2, 0) is 0 Å². The van der Waals surface area contributed by atoms with Gasteiger partial charge in [0.1, 0.15) is 12.0 Å². The molecule has 0 aliphatic heterocycles. The first-order valence-corrected chi connectivity index (χ1v) is 8.14. The fourth-order valence-electron chi connectivity index (χ4n) is 2.26. The molecule has 0 radical (unpaired) electrons. The largest absolute Gasteiger partial charge is 0.493 e. The van der Waals surface area contributed by atoms with Gasteiger partial charge < -0.3 is 14.2 Å². The van der Waals surface area contributed by atoms with Gasteiger partial charge in [-0.2, -0.15) is 0 Å². The topological polar surface area (TPSA) is 44.8 Å². The van der Waals surface area contributed by atoms with Crippen molar-refractivity contribution in [2.24, 2.45) is 0 Å². The maximum atomic E-state index is 11.2. The maximum Gasteiger partial charge on any atom is 0.204 e. The Hall–Kier alpha value is -2.49. The smallest absolute Gasteiger partial charge is 0.204 e. The molecule has 0 heterocycles. The highest BCUT2D eigenvalue weighted by atomic mass is 16.5. The van der Waals surface area contributed by atoms with Crippen LogP contribution >= 0.6 is 0 Å². The first-order valence-electron chi connectivity index (χ1n) is 8.14. The third-order valence-corrected chi connectivity index (χ3v) is 3.85. The number of hydrogen-bond acceptors (Lipinski definition) is 4. The van der Waals surface area contributed by atoms with Crippen LogP contribution in [0.3, 0.4) is 0 Å². The summed E-state index contributed by atoms with van der Waals surface area (Å²) in [6.45, 7) is 6.75. The van der Waals surface area contributed by atoms with Gasteiger partial charge in [-0.1, -0.05) is 19.4 Å². The van der Waals surface area contributed by atoms with Gasteiger partial charge in [0.2, 0.25) is 5.75 Å². The van der Waals surface area contributed by atoms with Gasteiger partial charge in [0, 0.05) is 5.56 Å². The predicted molar refractivity (Wildman–Crippen MR) is 94.8 cm³/mol. The van der Waals surface area contributed by atoms with E-state index in [9.17, 15) is 4.79 Å². The van der Waals surface area contributed by atoms with Crippen molar-refractivity contribution in [2.75, 3.05) is 13.7 Å². The molecule has 0 saturated carbocycles. The molecule has 2 rings (SSSR count). The number of aldehydes is 1. The van der Waals surface area contributed by atoms with Crippen LogP contribution in [0.5, 0.6) is 23.0 Å². The first kappa shape index (κ1) is 17.9. The fraction of sp³-hybridized carbons (Fsp3) is 0.350. The van der Waals surface area contributed by atoms with Gasteiger partial charge in [-0.3, -0.25) is 4.79 Å². The van der Waals surface area contributed by atoms with Crippen LogP contribution < -0.4 is 14.2 Å². The van der Waals surface area contributed by atoms with E-state index in [2.05, 4.69) is 13.8 Å². The SMILES string of the molecule is CCCCOc1c(OC)cc(C=O)cc1Oc1ccc(C)c(C)c1. The lowest BCUT2D eigenvalue weighted by Crippen LogP contribution is -2.02. The molecular weight excluding hydrogens is 304 g/mol. The zero-order valence-corrected chi connectivity index (χ0v) is 14.7. The van der Waals surface area contributed by atoms with Gasteiger partial charge in [0.25, 0.3) is 0 Å². The predicted octanol–water partition coefficient (Wildman–Crippen LogP) is 5.10. The molecule has 24 heavy (non-hydrogen) atoms. The Morgan fingerprint density at radius 3 is 2.42 bits per heavy atom. The normalized spacial score (nSPS) is 10.3. The molecule has 0 aliphatic rings. The van der Waals surface area contributed by atoms with Crippen LogP contribution in [0.25, 0.3) is 0 Å². The number of unbranched alkanes of at least 4 members (excludes halogenated alkanes) is 1. The lowest BCUT2D eigenvalue weighted by molar-refractivity contribution is 0.112. The Balaban J connectivity index is 2.40. The van der Waals surface area contributed by atoms with Crippen LogP contribution in [0.1, 0.15) is 41.3 Å². The van der Waals surface area contributed by atoms with E-state index in [0.29, 0.717) is 35.2 Å². The zero-order valence-electron chi connectivity index (χ0n) is 14.7. The van der Waals surface area contributed by atoms with E-state index in [0.717, 1.165) is 24.7 Å². The van der Waals surface area contributed by atoms with Crippen LogP contribution in [0.15, 0.2) is 30.3 Å². The highest BCUT2D eigenvalue weighted by Crippen LogP contribution is 2.41. The minimum Gasteiger partial charge on any atom is -0.493 e. The molecule has 0 aromatic heterocycles. The monoisotopic (exact) mass is 328 g/mol. The van der Waals surface area contributed by atoms with E-state index in [1.165, 1.54) is 5.56 Å². The standard InChI is InChI=1S/C20H24O4/c1-5-6-9-23-20-18(22-4)11-16(13-21)12-19(20)24-17-8-7-14(2)15(3)10-17/h7-8,10-13H,5-6,9H2,1-4H3. The molecule has 0 bridgehead atoms. The molecule has 0 saturated heterocycles. The molecule has 0 N–H and O–H groups in total. The number of carbonyl (C=O) groups is 1. The van der Waals surface area contributed by atoms with Crippen LogP contribution in [0.2, 0.25) is 0 Å². The molecule has 4 nitrogen and oxygen atoms in total. The number of rotatable bonds is 8. The Bertz CT molecular complexity index is 707. The molecule has 0 atom stereocenters. The van der Waals surface area contributed by atoms with Crippen molar-refractivity contribution in [3.63, 3.8) is 0 Å². The van der Waals surface area contributed by atoms with Gasteiger partial charge in [0.05, 0.1) is 13.7 Å². The summed E-state index contributed by atoms with van der Waals surface area (Å²) in [6, 6.07) is 9.19. The van der Waals surface area contributed by atoms with Gasteiger partial charge in [-0.15, -0.1) is 0 Å². The first-order chi connectivity index (χ1) is 11.6. The fourth-order valence-corrected chi connectivity index (χ4v) is 2.26. The third-order valence-electron chi connectivity index (χ3n) is 3.85. The summed E-state index contributed by atoms with van der Waals surface area (Å²) >= 11 is 0. The summed E-state index contributed by atoms with van der Waals surface area (Å²) in [7, 11) is 1.55. The van der Waals surface area contributed by atoms with E-state index < -0.39 is 0 Å². The highest BCUT2D eigenvalue weighted by Gasteiger charge is 2.16. The number of hydrogen-bond donors (Lipinski definition) is 0. The number of carbonyl (C=O) groups excluding carboxylic acids is 1. The van der Waals surface area contributed by atoms with E-state index in [1.807, 2.05) is 25.1 Å². The second-order valence-electron chi connectivity index (χ2n) is 5.72. The van der Waals surface area contributed by atoms with E-state index in [-0.39, 0.29) is 0 Å². The molecule has 2 aromatic rings. The summed E-state index contributed by atoms with van der Waals surface area (Å²) in [4.78, 5) is 11.2. The summed E-state index contributed by atoms with van der Waals surface area (Å²) in [5, 5.41) is 0. The van der Waals surface area contributed by atoms with Crippen molar-refractivity contribution < 1.29 is 19.0 Å². The van der Waals surface area contributed by atoms with Crippen LogP contribution in [0, 0.1) is 13.8 Å². The summed E-state index contributed by atoms with van der Waals surface area (Å²) in [6.07, 6.45) is 2.73. The Morgan fingerprint density at radius 1 is 1.04 bits per heavy atom. The van der Waals surface area contributed by atoms with Crippen molar-refractivity contribution in [3.8, 4) is 23.0 Å². The lowest BCUT2D eigenvalue weighted by Gasteiger charge is -2.16. The molecular formula is C20H24O4. The molecule has 0 spiro atoms. The minimum absolute atomic E-state index is 0.480. The number of benzene rings is 2. The second-order valence-corrected chi connectivity index (χ2v) is 5.72. The van der Waals surface area contributed by atoms with E-state index in [4.69, 9.17) is 14.2 Å². The molecule has 2 aromatic carbocycles. The minimum atomic E-state index is 0.480.